The molecule has 2 heterocycles. The quantitative estimate of drug-likeness (QED) is 0.318. The van der Waals surface area contributed by atoms with Crippen LogP contribution in [-0.4, -0.2) is 25.5 Å². The zero-order chi connectivity index (χ0) is 21.1. The normalized spacial score (nSPS) is 12.3. The second kappa shape index (κ2) is 8.75. The van der Waals surface area contributed by atoms with E-state index in [1.165, 1.54) is 17.3 Å². The van der Waals surface area contributed by atoms with Crippen LogP contribution in [0.3, 0.4) is 0 Å². The van der Waals surface area contributed by atoms with Crippen LogP contribution >= 0.6 is 11.8 Å². The molecule has 6 nitrogen and oxygen atoms in total. The van der Waals surface area contributed by atoms with Gasteiger partial charge in [-0.1, -0.05) is 74.1 Å². The van der Waals surface area contributed by atoms with Gasteiger partial charge in [-0.15, -0.1) is 5.10 Å². The number of para-hydroxylation sites is 1. The van der Waals surface area contributed by atoms with E-state index < -0.39 is 5.25 Å². The monoisotopic (exact) mass is 420 g/mol. The number of benzene rings is 2. The Morgan fingerprint density at radius 1 is 1.13 bits per heavy atom. The summed E-state index contributed by atoms with van der Waals surface area (Å²) in [7, 11) is 0. The van der Waals surface area contributed by atoms with Crippen molar-refractivity contribution in [3.8, 4) is 0 Å². The van der Waals surface area contributed by atoms with Crippen LogP contribution in [0, 0.1) is 0 Å². The summed E-state index contributed by atoms with van der Waals surface area (Å²) in [6.45, 7) is 4.66. The number of H-pyrrole nitrogens is 2. The predicted molar refractivity (Wildman–Crippen MR) is 120 cm³/mol. The molecule has 1 atom stereocenters. The minimum Gasteiger partial charge on any atom is -0.360 e. The first-order valence-corrected chi connectivity index (χ1v) is 11.0. The third kappa shape index (κ3) is 3.73. The molecule has 2 N–H and O–H groups in total. The first-order valence-electron chi connectivity index (χ1n) is 10.1. The fourth-order valence-electron chi connectivity index (χ4n) is 3.68. The summed E-state index contributed by atoms with van der Waals surface area (Å²) in [5, 5.41) is 7.64. The number of carbonyl (C=O) groups is 1. The van der Waals surface area contributed by atoms with Gasteiger partial charge in [0.2, 0.25) is 0 Å². The van der Waals surface area contributed by atoms with Crippen molar-refractivity contribution >= 4 is 28.4 Å². The molecule has 0 spiro atoms. The molecule has 2 aromatic carbocycles. The summed E-state index contributed by atoms with van der Waals surface area (Å²) in [4.78, 5) is 29.2. The Kier molecular flexibility index (Phi) is 5.90. The van der Waals surface area contributed by atoms with Crippen molar-refractivity contribution in [3.63, 3.8) is 0 Å². The fourth-order valence-corrected chi connectivity index (χ4v) is 4.81. The van der Waals surface area contributed by atoms with Gasteiger partial charge in [-0.3, -0.25) is 9.36 Å². The minimum atomic E-state index is -0.513. The first-order chi connectivity index (χ1) is 14.6. The lowest BCUT2D eigenvalue weighted by Crippen LogP contribution is -2.18. The number of thioether (sulfide) groups is 1. The van der Waals surface area contributed by atoms with Gasteiger partial charge in [-0.25, -0.2) is 9.89 Å². The van der Waals surface area contributed by atoms with E-state index in [0.717, 1.165) is 29.3 Å². The van der Waals surface area contributed by atoms with E-state index in [9.17, 15) is 9.59 Å². The molecule has 4 rings (SSSR count). The first kappa shape index (κ1) is 20.2. The molecule has 0 radical (unpaired) electrons. The molecule has 0 unspecified atom stereocenters. The molecular weight excluding hydrogens is 396 g/mol. The Morgan fingerprint density at radius 2 is 1.93 bits per heavy atom. The standard InChI is InChI=1S/C23H24N4O2S/c1-3-13-27-22(29)25-26-23(27)30-21(16-9-6-5-7-10-16)20(28)18-14-24-19-15(4-2)11-8-12-17(18)19/h5-12,14,21,24H,3-4,13H2,1-2H3,(H,25,29)/t21-/m1/s1. The number of ketones is 1. The van der Waals surface area contributed by atoms with E-state index in [4.69, 9.17) is 0 Å². The Hall–Kier alpha value is -3.06. The molecule has 0 aliphatic carbocycles. The highest BCUT2D eigenvalue weighted by atomic mass is 32.2. The molecule has 30 heavy (non-hydrogen) atoms. The van der Waals surface area contributed by atoms with Gasteiger partial charge in [0.05, 0.1) is 0 Å². The van der Waals surface area contributed by atoms with Crippen molar-refractivity contribution in [1.29, 1.82) is 0 Å². The van der Waals surface area contributed by atoms with Crippen LogP contribution in [0.2, 0.25) is 0 Å². The number of aryl methyl sites for hydroxylation is 1. The lowest BCUT2D eigenvalue weighted by molar-refractivity contribution is 0.0991. The van der Waals surface area contributed by atoms with Gasteiger partial charge in [-0.2, -0.15) is 0 Å². The number of hydrogen-bond acceptors (Lipinski definition) is 4. The van der Waals surface area contributed by atoms with Gasteiger partial charge in [-0.05, 0) is 24.0 Å². The second-order valence-corrected chi connectivity index (χ2v) is 8.20. The summed E-state index contributed by atoms with van der Waals surface area (Å²) in [5.41, 5.74) is 3.47. The zero-order valence-corrected chi connectivity index (χ0v) is 17.8. The lowest BCUT2D eigenvalue weighted by Gasteiger charge is -2.15. The average Bonchev–Trinajstić information content (AvgIpc) is 3.36. The number of fused-ring (bicyclic) bond motifs is 1. The number of rotatable bonds is 8. The smallest absolute Gasteiger partial charge is 0.343 e. The Labute approximate surface area is 178 Å². The molecular formula is C23H24N4O2S. The third-order valence-corrected chi connectivity index (χ3v) is 6.43. The highest BCUT2D eigenvalue weighted by Gasteiger charge is 2.28. The fraction of sp³-hybridized carbons (Fsp3) is 0.261. The maximum Gasteiger partial charge on any atom is 0.343 e. The molecule has 2 aromatic heterocycles. The average molecular weight is 421 g/mol. The van der Waals surface area contributed by atoms with Gasteiger partial charge in [0.15, 0.2) is 10.9 Å². The van der Waals surface area contributed by atoms with Crippen LogP contribution in [0.25, 0.3) is 10.9 Å². The number of nitrogens with one attached hydrogen (secondary N) is 2. The van der Waals surface area contributed by atoms with E-state index in [0.29, 0.717) is 17.3 Å². The third-order valence-electron chi connectivity index (χ3n) is 5.18. The van der Waals surface area contributed by atoms with Gasteiger partial charge >= 0.3 is 5.69 Å². The van der Waals surface area contributed by atoms with Crippen LogP contribution in [-0.2, 0) is 13.0 Å². The number of aromatic amines is 2. The van der Waals surface area contributed by atoms with Crippen LogP contribution in [0.5, 0.6) is 0 Å². The maximum atomic E-state index is 13.7. The van der Waals surface area contributed by atoms with Crippen molar-refractivity contribution < 1.29 is 4.79 Å². The minimum absolute atomic E-state index is 0.01000. The maximum absolute atomic E-state index is 13.7. The van der Waals surface area contributed by atoms with Gasteiger partial charge < -0.3 is 4.98 Å². The number of aromatic nitrogens is 4. The summed E-state index contributed by atoms with van der Waals surface area (Å²) in [6, 6.07) is 15.7. The molecule has 0 aliphatic rings. The predicted octanol–water partition coefficient (Wildman–Crippen LogP) is 4.74. The van der Waals surface area contributed by atoms with Crippen LogP contribution < -0.4 is 5.69 Å². The van der Waals surface area contributed by atoms with E-state index in [2.05, 4.69) is 28.2 Å². The van der Waals surface area contributed by atoms with Crippen molar-refractivity contribution in [2.75, 3.05) is 0 Å². The molecule has 0 saturated heterocycles. The summed E-state index contributed by atoms with van der Waals surface area (Å²) in [6.07, 6.45) is 3.49. The van der Waals surface area contributed by atoms with E-state index >= 15 is 0 Å². The molecule has 154 valence electrons. The number of Topliss-reactive ketones (excluding diaryl/α,β-unsaturated/α-hetero) is 1. The van der Waals surface area contributed by atoms with Crippen molar-refractivity contribution in [3.05, 3.63) is 81.9 Å². The van der Waals surface area contributed by atoms with Gasteiger partial charge in [0, 0.05) is 29.2 Å². The SMILES string of the molecule is CCCn1c(S[C@@H](C(=O)c2c[nH]c3c(CC)cccc23)c2ccccc2)n[nH]c1=O. The highest BCUT2D eigenvalue weighted by Crippen LogP contribution is 2.38. The number of nitrogens with zero attached hydrogens (tertiary/aromatic N) is 2. The lowest BCUT2D eigenvalue weighted by atomic mass is 10.0. The van der Waals surface area contributed by atoms with Crippen LogP contribution in [0.15, 0.2) is 64.7 Å². The Balaban J connectivity index is 1.78. The molecule has 0 bridgehead atoms. The zero-order valence-electron chi connectivity index (χ0n) is 17.0. The molecule has 0 amide bonds. The molecule has 4 aromatic rings. The summed E-state index contributed by atoms with van der Waals surface area (Å²) < 4.78 is 1.60. The second-order valence-electron chi connectivity index (χ2n) is 7.13. The van der Waals surface area contributed by atoms with E-state index in [1.807, 2.05) is 49.4 Å². The molecule has 0 fully saturated rings. The van der Waals surface area contributed by atoms with Crippen molar-refractivity contribution in [1.82, 2.24) is 19.7 Å². The number of hydrogen-bond donors (Lipinski definition) is 2. The van der Waals surface area contributed by atoms with Gasteiger partial charge in [0.1, 0.15) is 5.25 Å². The highest BCUT2D eigenvalue weighted by molar-refractivity contribution is 8.00. The Bertz CT molecular complexity index is 1220. The van der Waals surface area contributed by atoms with Gasteiger partial charge in [0.25, 0.3) is 0 Å². The summed E-state index contributed by atoms with van der Waals surface area (Å²) >= 11 is 1.31. The molecule has 0 aliphatic heterocycles. The van der Waals surface area contributed by atoms with Crippen LogP contribution in [0.4, 0.5) is 0 Å². The van der Waals surface area contributed by atoms with E-state index in [-0.39, 0.29) is 11.5 Å². The Morgan fingerprint density at radius 3 is 2.67 bits per heavy atom. The molecule has 0 saturated carbocycles. The topological polar surface area (TPSA) is 83.5 Å². The van der Waals surface area contributed by atoms with E-state index in [1.54, 1.807) is 10.8 Å². The number of carbonyl (C=O) groups excluding carboxylic acids is 1. The van der Waals surface area contributed by atoms with Crippen LogP contribution in [0.1, 0.15) is 47.0 Å². The van der Waals surface area contributed by atoms with Crippen molar-refractivity contribution in [2.24, 2.45) is 0 Å². The van der Waals surface area contributed by atoms with Crippen molar-refractivity contribution in [2.45, 2.75) is 43.6 Å². The summed E-state index contributed by atoms with van der Waals surface area (Å²) in [5.74, 6) is -0.01000. The largest absolute Gasteiger partial charge is 0.360 e. The molecule has 7 heteroatoms.